The Labute approximate surface area is 145 Å². The van der Waals surface area contributed by atoms with Crippen LogP contribution in [0.1, 0.15) is 15.9 Å². The van der Waals surface area contributed by atoms with Crippen LogP contribution in [-0.4, -0.2) is 31.7 Å². The Balaban J connectivity index is 1.76. The van der Waals surface area contributed by atoms with E-state index in [2.05, 4.69) is 5.32 Å². The summed E-state index contributed by atoms with van der Waals surface area (Å²) in [6.07, 6.45) is 2.04. The molecule has 0 spiro atoms. The number of carbonyl (C=O) groups excluding carboxylic acids is 2. The number of nitrogens with one attached hydrogen (secondary N) is 1. The zero-order valence-corrected chi connectivity index (χ0v) is 14.4. The molecule has 124 valence electrons. The summed E-state index contributed by atoms with van der Waals surface area (Å²) in [5, 5.41) is 2.86. The van der Waals surface area contributed by atoms with Gasteiger partial charge in [0.1, 0.15) is 5.75 Å². The van der Waals surface area contributed by atoms with Gasteiger partial charge in [0.15, 0.2) is 6.61 Å². The number of likely N-dealkylation sites (N-methyl/N-ethyl adjacent to an activating group) is 1. The molecule has 0 saturated heterocycles. The number of carbonyl (C=O) groups is 2. The maximum absolute atomic E-state index is 12.4. The second-order valence-corrected chi connectivity index (χ2v) is 6.37. The number of fused-ring (bicyclic) bond motifs is 1. The molecule has 0 saturated carbocycles. The van der Waals surface area contributed by atoms with Gasteiger partial charge < -0.3 is 15.0 Å². The first-order chi connectivity index (χ1) is 11.6. The third-order valence-electron chi connectivity index (χ3n) is 3.83. The zero-order chi connectivity index (χ0) is 17.1. The Kier molecular flexibility index (Phi) is 4.76. The van der Waals surface area contributed by atoms with Gasteiger partial charge in [-0.05, 0) is 42.2 Å². The molecule has 0 bridgehead atoms. The minimum absolute atomic E-state index is 0.0393. The first kappa shape index (κ1) is 16.4. The molecule has 1 heterocycles. The molecule has 5 nitrogen and oxygen atoms in total. The molecular formula is C18H18N2O3S. The highest BCUT2D eigenvalue weighted by Crippen LogP contribution is 2.33. The van der Waals surface area contributed by atoms with Gasteiger partial charge in [-0.3, -0.25) is 9.59 Å². The highest BCUT2D eigenvalue weighted by Gasteiger charge is 2.22. The predicted octanol–water partition coefficient (Wildman–Crippen LogP) is 3.16. The number of anilines is 2. The van der Waals surface area contributed by atoms with Crippen molar-refractivity contribution in [2.24, 2.45) is 0 Å². The number of hydrogen-bond donors (Lipinski definition) is 1. The first-order valence-corrected chi connectivity index (χ1v) is 8.90. The molecule has 24 heavy (non-hydrogen) atoms. The van der Waals surface area contributed by atoms with Crippen molar-refractivity contribution < 1.29 is 14.3 Å². The van der Waals surface area contributed by atoms with E-state index in [4.69, 9.17) is 4.74 Å². The SMILES string of the molecule is CSCc1ccc(C(=O)Nc2ccc3c(c2)N(C)C(=O)CO3)cc1. The fourth-order valence-corrected chi connectivity index (χ4v) is 3.00. The molecule has 2 aromatic rings. The van der Waals surface area contributed by atoms with Crippen LogP contribution in [0.2, 0.25) is 0 Å². The molecule has 2 amide bonds. The van der Waals surface area contributed by atoms with Crippen LogP contribution in [0.4, 0.5) is 11.4 Å². The molecule has 0 radical (unpaired) electrons. The fraction of sp³-hybridized carbons (Fsp3) is 0.222. The molecule has 3 rings (SSSR count). The highest BCUT2D eigenvalue weighted by molar-refractivity contribution is 7.97. The molecule has 0 aromatic heterocycles. The molecule has 1 N–H and O–H groups in total. The third kappa shape index (κ3) is 3.38. The van der Waals surface area contributed by atoms with E-state index in [1.165, 1.54) is 10.5 Å². The van der Waals surface area contributed by atoms with Gasteiger partial charge in [0.05, 0.1) is 5.69 Å². The maximum Gasteiger partial charge on any atom is 0.264 e. The summed E-state index contributed by atoms with van der Waals surface area (Å²) in [6, 6.07) is 12.8. The van der Waals surface area contributed by atoms with Crippen molar-refractivity contribution in [3.63, 3.8) is 0 Å². The Hall–Kier alpha value is -2.47. The Morgan fingerprint density at radius 2 is 2.00 bits per heavy atom. The van der Waals surface area contributed by atoms with Crippen molar-refractivity contribution in [3.8, 4) is 5.75 Å². The topological polar surface area (TPSA) is 58.6 Å². The molecule has 2 aromatic carbocycles. The molecule has 0 fully saturated rings. The van der Waals surface area contributed by atoms with Crippen LogP contribution >= 0.6 is 11.8 Å². The second-order valence-electron chi connectivity index (χ2n) is 5.51. The lowest BCUT2D eigenvalue weighted by Gasteiger charge is -2.26. The lowest BCUT2D eigenvalue weighted by molar-refractivity contribution is -0.120. The Morgan fingerprint density at radius 1 is 1.25 bits per heavy atom. The number of hydrogen-bond acceptors (Lipinski definition) is 4. The molecule has 0 aliphatic carbocycles. The van der Waals surface area contributed by atoms with Crippen molar-refractivity contribution in [3.05, 3.63) is 53.6 Å². The second kappa shape index (κ2) is 6.97. The van der Waals surface area contributed by atoms with E-state index in [1.54, 1.807) is 37.0 Å². The molecule has 6 heteroatoms. The van der Waals surface area contributed by atoms with Crippen molar-refractivity contribution in [2.75, 3.05) is 30.1 Å². The van der Waals surface area contributed by atoms with Crippen molar-refractivity contribution in [1.29, 1.82) is 0 Å². The van der Waals surface area contributed by atoms with Crippen LogP contribution in [0, 0.1) is 0 Å². The summed E-state index contributed by atoms with van der Waals surface area (Å²) in [7, 11) is 1.69. The van der Waals surface area contributed by atoms with Crippen LogP contribution < -0.4 is 15.0 Å². The largest absolute Gasteiger partial charge is 0.482 e. The quantitative estimate of drug-likeness (QED) is 0.927. The summed E-state index contributed by atoms with van der Waals surface area (Å²) < 4.78 is 5.38. The minimum Gasteiger partial charge on any atom is -0.482 e. The standard InChI is InChI=1S/C18H18N2O3S/c1-20-15-9-14(7-8-16(15)23-10-17(20)21)19-18(22)13-5-3-12(4-6-13)11-24-2/h3-9H,10-11H2,1-2H3,(H,19,22). The van der Waals surface area contributed by atoms with Gasteiger partial charge in [-0.2, -0.15) is 11.8 Å². The summed E-state index contributed by atoms with van der Waals surface area (Å²) in [5.74, 6) is 1.26. The zero-order valence-electron chi connectivity index (χ0n) is 13.5. The molecular weight excluding hydrogens is 324 g/mol. The summed E-state index contributed by atoms with van der Waals surface area (Å²) in [6.45, 7) is 0.0393. The molecule has 1 aliphatic heterocycles. The molecule has 0 atom stereocenters. The van der Waals surface area contributed by atoms with E-state index in [0.29, 0.717) is 22.7 Å². The van der Waals surface area contributed by atoms with Gasteiger partial charge in [0.2, 0.25) is 0 Å². The van der Waals surface area contributed by atoms with Crippen molar-refractivity contribution >= 4 is 35.0 Å². The summed E-state index contributed by atoms with van der Waals surface area (Å²) in [5.41, 5.74) is 3.06. The first-order valence-electron chi connectivity index (χ1n) is 7.51. The monoisotopic (exact) mass is 342 g/mol. The average Bonchev–Trinajstić information content (AvgIpc) is 2.59. The van der Waals surface area contributed by atoms with Crippen LogP contribution in [0.25, 0.3) is 0 Å². The summed E-state index contributed by atoms with van der Waals surface area (Å²) in [4.78, 5) is 25.6. The number of amides is 2. The van der Waals surface area contributed by atoms with Crippen LogP contribution in [0.3, 0.4) is 0 Å². The number of nitrogens with zero attached hydrogens (tertiary/aromatic N) is 1. The third-order valence-corrected chi connectivity index (χ3v) is 4.45. The fourth-order valence-electron chi connectivity index (χ4n) is 2.47. The van der Waals surface area contributed by atoms with Crippen LogP contribution in [-0.2, 0) is 10.5 Å². The average molecular weight is 342 g/mol. The van der Waals surface area contributed by atoms with E-state index in [0.717, 1.165) is 5.75 Å². The maximum atomic E-state index is 12.4. The Morgan fingerprint density at radius 3 is 2.71 bits per heavy atom. The van der Waals surface area contributed by atoms with E-state index in [-0.39, 0.29) is 18.4 Å². The van der Waals surface area contributed by atoms with Gasteiger partial charge in [-0.15, -0.1) is 0 Å². The van der Waals surface area contributed by atoms with E-state index in [9.17, 15) is 9.59 Å². The van der Waals surface area contributed by atoms with Crippen LogP contribution in [0.5, 0.6) is 5.75 Å². The van der Waals surface area contributed by atoms with Gasteiger partial charge >= 0.3 is 0 Å². The molecule has 1 aliphatic rings. The highest BCUT2D eigenvalue weighted by atomic mass is 32.2. The number of benzene rings is 2. The predicted molar refractivity (Wildman–Crippen MR) is 97.0 cm³/mol. The van der Waals surface area contributed by atoms with Gasteiger partial charge in [-0.25, -0.2) is 0 Å². The van der Waals surface area contributed by atoms with Crippen molar-refractivity contribution in [1.82, 2.24) is 0 Å². The number of thioether (sulfide) groups is 1. The normalized spacial score (nSPS) is 13.2. The van der Waals surface area contributed by atoms with Gasteiger partial charge in [-0.1, -0.05) is 12.1 Å². The number of ether oxygens (including phenoxy) is 1. The Bertz CT molecular complexity index is 774. The minimum atomic E-state index is -0.184. The van der Waals surface area contributed by atoms with E-state index in [1.807, 2.05) is 30.5 Å². The van der Waals surface area contributed by atoms with Crippen LogP contribution in [0.15, 0.2) is 42.5 Å². The lowest BCUT2D eigenvalue weighted by Crippen LogP contribution is -2.35. The van der Waals surface area contributed by atoms with E-state index >= 15 is 0 Å². The van der Waals surface area contributed by atoms with Gasteiger partial charge in [0.25, 0.3) is 11.8 Å². The number of rotatable bonds is 4. The van der Waals surface area contributed by atoms with Gasteiger partial charge in [0, 0.05) is 24.1 Å². The lowest BCUT2D eigenvalue weighted by atomic mass is 10.1. The van der Waals surface area contributed by atoms with Crippen molar-refractivity contribution in [2.45, 2.75) is 5.75 Å². The smallest absolute Gasteiger partial charge is 0.264 e. The molecule has 0 unspecified atom stereocenters. The van der Waals surface area contributed by atoms with E-state index < -0.39 is 0 Å². The summed E-state index contributed by atoms with van der Waals surface area (Å²) >= 11 is 1.74.